The number of nitrogens with one attached hydrogen (secondary N) is 1. The number of thiazole rings is 1. The molecule has 1 aliphatic rings. The van der Waals surface area contributed by atoms with Gasteiger partial charge in [-0.3, -0.25) is 0 Å². The zero-order valence-electron chi connectivity index (χ0n) is 8.70. The van der Waals surface area contributed by atoms with Crippen molar-refractivity contribution in [1.82, 2.24) is 10.3 Å². The first-order valence-corrected chi connectivity index (χ1v) is 6.39. The lowest BCUT2D eigenvalue weighted by Gasteiger charge is -2.27. The Morgan fingerprint density at radius 2 is 2.50 bits per heavy atom. The van der Waals surface area contributed by atoms with Gasteiger partial charge in [0.05, 0.1) is 11.2 Å². The van der Waals surface area contributed by atoms with Crippen LogP contribution >= 0.6 is 11.3 Å². The fraction of sp³-hybridized carbons (Fsp3) is 0.727. The van der Waals surface area contributed by atoms with E-state index in [9.17, 15) is 0 Å². The summed E-state index contributed by atoms with van der Waals surface area (Å²) >= 11 is 1.69. The minimum absolute atomic E-state index is 0.706. The number of hydrogen-bond donors (Lipinski definition) is 1. The summed E-state index contributed by atoms with van der Waals surface area (Å²) in [5.41, 5.74) is 3.17. The van der Waals surface area contributed by atoms with Gasteiger partial charge in [-0.25, -0.2) is 4.98 Å². The molecule has 1 unspecified atom stereocenters. The summed E-state index contributed by atoms with van der Waals surface area (Å²) in [5.74, 6) is 0.706. The van der Waals surface area contributed by atoms with Gasteiger partial charge >= 0.3 is 0 Å². The molecule has 78 valence electrons. The maximum Gasteiger partial charge on any atom is 0.0794 e. The van der Waals surface area contributed by atoms with Gasteiger partial charge in [0.1, 0.15) is 0 Å². The quantitative estimate of drug-likeness (QED) is 0.807. The van der Waals surface area contributed by atoms with Crippen LogP contribution in [0.25, 0.3) is 0 Å². The van der Waals surface area contributed by atoms with Crippen molar-refractivity contribution in [3.8, 4) is 0 Å². The Balaban J connectivity index is 1.65. The first-order valence-electron chi connectivity index (χ1n) is 5.45. The lowest BCUT2D eigenvalue weighted by Crippen LogP contribution is -2.38. The van der Waals surface area contributed by atoms with E-state index in [0.717, 1.165) is 19.0 Å². The lowest BCUT2D eigenvalue weighted by atomic mass is 9.92. The molecule has 0 aromatic carbocycles. The lowest BCUT2D eigenvalue weighted by molar-refractivity contribution is 0.320. The van der Waals surface area contributed by atoms with Gasteiger partial charge in [0.2, 0.25) is 0 Å². The van der Waals surface area contributed by atoms with E-state index in [2.05, 4.69) is 22.6 Å². The predicted molar refractivity (Wildman–Crippen MR) is 60.6 cm³/mol. The van der Waals surface area contributed by atoms with E-state index in [-0.39, 0.29) is 0 Å². The molecule has 0 radical (unpaired) electrons. The van der Waals surface area contributed by atoms with Crippen molar-refractivity contribution in [3.05, 3.63) is 16.6 Å². The number of rotatable bonds is 5. The largest absolute Gasteiger partial charge is 0.314 e. The second-order valence-corrected chi connectivity index (χ2v) is 5.04. The SMILES string of the molecule is CC(CNC1CCC1)Cc1cscn1. The Morgan fingerprint density at radius 3 is 3.07 bits per heavy atom. The van der Waals surface area contributed by atoms with Crippen LogP contribution in [0.1, 0.15) is 31.9 Å². The van der Waals surface area contributed by atoms with Gasteiger partial charge in [0, 0.05) is 11.4 Å². The summed E-state index contributed by atoms with van der Waals surface area (Å²) in [6.07, 6.45) is 5.29. The van der Waals surface area contributed by atoms with E-state index >= 15 is 0 Å². The van der Waals surface area contributed by atoms with Crippen molar-refractivity contribution in [2.24, 2.45) is 5.92 Å². The van der Waals surface area contributed by atoms with Crippen LogP contribution in [0.3, 0.4) is 0 Å². The van der Waals surface area contributed by atoms with E-state index < -0.39 is 0 Å². The average Bonchev–Trinajstić information content (AvgIpc) is 2.54. The molecule has 0 saturated heterocycles. The van der Waals surface area contributed by atoms with Gasteiger partial charge in [-0.15, -0.1) is 11.3 Å². The van der Waals surface area contributed by atoms with Crippen LogP contribution in [0.4, 0.5) is 0 Å². The Labute approximate surface area is 89.8 Å². The van der Waals surface area contributed by atoms with Crippen molar-refractivity contribution < 1.29 is 0 Å². The first-order chi connectivity index (χ1) is 6.84. The molecule has 1 fully saturated rings. The third-order valence-electron chi connectivity index (χ3n) is 2.90. The summed E-state index contributed by atoms with van der Waals surface area (Å²) in [5, 5.41) is 5.76. The number of nitrogens with zero attached hydrogens (tertiary/aromatic N) is 1. The molecule has 14 heavy (non-hydrogen) atoms. The highest BCUT2D eigenvalue weighted by Gasteiger charge is 2.17. The third-order valence-corrected chi connectivity index (χ3v) is 3.54. The Kier molecular flexibility index (Phi) is 3.54. The van der Waals surface area contributed by atoms with E-state index in [0.29, 0.717) is 5.92 Å². The Bertz CT molecular complexity index is 254. The summed E-state index contributed by atoms with van der Waals surface area (Å²) in [6.45, 7) is 3.44. The molecular weight excluding hydrogens is 192 g/mol. The van der Waals surface area contributed by atoms with Crippen molar-refractivity contribution in [2.45, 2.75) is 38.6 Å². The molecule has 1 heterocycles. The van der Waals surface area contributed by atoms with Crippen LogP contribution in [0, 0.1) is 5.92 Å². The zero-order valence-corrected chi connectivity index (χ0v) is 9.52. The Morgan fingerprint density at radius 1 is 1.64 bits per heavy atom. The topological polar surface area (TPSA) is 24.9 Å². The highest BCUT2D eigenvalue weighted by atomic mass is 32.1. The van der Waals surface area contributed by atoms with Crippen molar-refractivity contribution in [3.63, 3.8) is 0 Å². The monoisotopic (exact) mass is 210 g/mol. The first kappa shape index (κ1) is 10.1. The fourth-order valence-electron chi connectivity index (χ4n) is 1.75. The minimum atomic E-state index is 0.706. The minimum Gasteiger partial charge on any atom is -0.314 e. The summed E-state index contributed by atoms with van der Waals surface area (Å²) in [6, 6.07) is 0.813. The highest BCUT2D eigenvalue weighted by molar-refractivity contribution is 7.07. The van der Waals surface area contributed by atoms with Crippen LogP contribution in [-0.2, 0) is 6.42 Å². The van der Waals surface area contributed by atoms with Crippen molar-refractivity contribution in [2.75, 3.05) is 6.54 Å². The number of aromatic nitrogens is 1. The molecule has 3 heteroatoms. The summed E-state index contributed by atoms with van der Waals surface area (Å²) < 4.78 is 0. The van der Waals surface area contributed by atoms with Gasteiger partial charge in [0.25, 0.3) is 0 Å². The summed E-state index contributed by atoms with van der Waals surface area (Å²) in [7, 11) is 0. The van der Waals surface area contributed by atoms with E-state index in [1.165, 1.54) is 25.0 Å². The molecule has 2 nitrogen and oxygen atoms in total. The molecule has 1 aromatic heterocycles. The molecule has 0 spiro atoms. The average molecular weight is 210 g/mol. The predicted octanol–water partition coefficient (Wildman–Crippen LogP) is 2.46. The molecule has 2 rings (SSSR count). The standard InChI is InChI=1S/C11H18N2S/c1-9(5-11-7-14-8-13-11)6-12-10-3-2-4-10/h7-10,12H,2-6H2,1H3. The Hall–Kier alpha value is -0.410. The van der Waals surface area contributed by atoms with Crippen LogP contribution in [0.2, 0.25) is 0 Å². The molecule has 0 bridgehead atoms. The molecule has 0 amide bonds. The summed E-state index contributed by atoms with van der Waals surface area (Å²) in [4.78, 5) is 4.31. The molecule has 1 saturated carbocycles. The van der Waals surface area contributed by atoms with E-state index in [1.54, 1.807) is 11.3 Å². The molecule has 1 aliphatic carbocycles. The number of hydrogen-bond acceptors (Lipinski definition) is 3. The molecular formula is C11H18N2S. The maximum absolute atomic E-state index is 4.31. The van der Waals surface area contributed by atoms with Gasteiger partial charge < -0.3 is 5.32 Å². The smallest absolute Gasteiger partial charge is 0.0794 e. The molecule has 1 atom stereocenters. The van der Waals surface area contributed by atoms with Gasteiger partial charge in [-0.05, 0) is 31.7 Å². The zero-order chi connectivity index (χ0) is 9.80. The highest BCUT2D eigenvalue weighted by Crippen LogP contribution is 2.18. The van der Waals surface area contributed by atoms with E-state index in [4.69, 9.17) is 0 Å². The molecule has 0 aliphatic heterocycles. The second kappa shape index (κ2) is 4.89. The van der Waals surface area contributed by atoms with Crippen LogP contribution in [-0.4, -0.2) is 17.6 Å². The normalized spacial score (nSPS) is 19.2. The van der Waals surface area contributed by atoms with Crippen LogP contribution in [0.15, 0.2) is 10.9 Å². The van der Waals surface area contributed by atoms with E-state index in [1.807, 2.05) is 5.51 Å². The van der Waals surface area contributed by atoms with Crippen molar-refractivity contribution >= 4 is 11.3 Å². The molecule has 1 N–H and O–H groups in total. The van der Waals surface area contributed by atoms with Crippen LogP contribution < -0.4 is 5.32 Å². The fourth-order valence-corrected chi connectivity index (χ4v) is 2.32. The maximum atomic E-state index is 4.31. The third kappa shape index (κ3) is 2.79. The van der Waals surface area contributed by atoms with Crippen LogP contribution in [0.5, 0.6) is 0 Å². The second-order valence-electron chi connectivity index (χ2n) is 4.33. The molecule has 1 aromatic rings. The van der Waals surface area contributed by atoms with Gasteiger partial charge in [-0.2, -0.15) is 0 Å². The van der Waals surface area contributed by atoms with Crippen molar-refractivity contribution in [1.29, 1.82) is 0 Å². The van der Waals surface area contributed by atoms with Gasteiger partial charge in [0.15, 0.2) is 0 Å². The van der Waals surface area contributed by atoms with Gasteiger partial charge in [-0.1, -0.05) is 13.3 Å².